The fourth-order valence-electron chi connectivity index (χ4n) is 3.26. The first-order chi connectivity index (χ1) is 13.9. The molecule has 0 aromatic carbocycles. The minimum Gasteiger partial charge on any atom is -0.377 e. The van der Waals surface area contributed by atoms with Crippen LogP contribution < -0.4 is 10.5 Å². The number of nitrogens with zero attached hydrogens (tertiary/aromatic N) is 4. The van der Waals surface area contributed by atoms with Gasteiger partial charge < -0.3 is 9.88 Å². The Labute approximate surface area is 175 Å². The van der Waals surface area contributed by atoms with E-state index in [0.29, 0.717) is 10.6 Å². The number of aryl methyl sites for hydroxylation is 1. The average molecular weight is 408 g/mol. The lowest BCUT2D eigenvalue weighted by atomic mass is 10.1. The molecule has 0 amide bonds. The quantitative estimate of drug-likeness (QED) is 0.614. The number of rotatable bonds is 6. The smallest absolute Gasteiger partial charge is 0.271 e. The SMILES string of the molecule is C=Cc1[nH]ccc1/C=C(\C)n1cnc(-c2c(N(C)C)ccnc2C)c(SC)c1=O. The zero-order valence-electron chi connectivity index (χ0n) is 17.4. The van der Waals surface area contributed by atoms with Crippen LogP contribution in [0.2, 0.25) is 0 Å². The zero-order chi connectivity index (χ0) is 21.1. The number of allylic oxidation sites excluding steroid dienone is 1. The molecule has 0 aliphatic heterocycles. The fraction of sp³-hybridized carbons (Fsp3) is 0.227. The fourth-order valence-corrected chi connectivity index (χ4v) is 3.88. The van der Waals surface area contributed by atoms with Gasteiger partial charge in [0.25, 0.3) is 5.56 Å². The molecule has 0 atom stereocenters. The van der Waals surface area contributed by atoms with E-state index in [0.717, 1.165) is 33.9 Å². The van der Waals surface area contributed by atoms with Crippen molar-refractivity contribution in [3.63, 3.8) is 0 Å². The number of H-pyrrole nitrogens is 1. The van der Waals surface area contributed by atoms with Crippen LogP contribution >= 0.6 is 11.8 Å². The number of hydrogen-bond acceptors (Lipinski definition) is 5. The van der Waals surface area contributed by atoms with Gasteiger partial charge in [0, 0.05) is 60.4 Å². The van der Waals surface area contributed by atoms with Crippen molar-refractivity contribution in [2.24, 2.45) is 0 Å². The van der Waals surface area contributed by atoms with Crippen molar-refractivity contribution < 1.29 is 0 Å². The molecule has 6 nitrogen and oxygen atoms in total. The van der Waals surface area contributed by atoms with Gasteiger partial charge in [-0.2, -0.15) is 0 Å². The Morgan fingerprint density at radius 1 is 1.31 bits per heavy atom. The van der Waals surface area contributed by atoms with Crippen molar-refractivity contribution in [3.8, 4) is 11.3 Å². The second-order valence-electron chi connectivity index (χ2n) is 6.82. The maximum atomic E-state index is 13.3. The van der Waals surface area contributed by atoms with Gasteiger partial charge in [-0.3, -0.25) is 14.3 Å². The summed E-state index contributed by atoms with van der Waals surface area (Å²) in [6, 6.07) is 3.89. The molecule has 0 aliphatic carbocycles. The first-order valence-corrected chi connectivity index (χ1v) is 10.4. The molecular weight excluding hydrogens is 382 g/mol. The number of aromatic nitrogens is 4. The van der Waals surface area contributed by atoms with E-state index >= 15 is 0 Å². The Kier molecular flexibility index (Phi) is 6.08. The summed E-state index contributed by atoms with van der Waals surface area (Å²) in [7, 11) is 3.94. The lowest BCUT2D eigenvalue weighted by Crippen LogP contribution is -2.22. The number of thioether (sulfide) groups is 1. The first-order valence-electron chi connectivity index (χ1n) is 9.16. The number of nitrogens with one attached hydrogen (secondary N) is 1. The van der Waals surface area contributed by atoms with Gasteiger partial charge in [-0.25, -0.2) is 4.98 Å². The van der Waals surface area contributed by atoms with Crippen LogP contribution in [0.25, 0.3) is 29.1 Å². The van der Waals surface area contributed by atoms with Gasteiger partial charge in [-0.05, 0) is 44.4 Å². The summed E-state index contributed by atoms with van der Waals surface area (Å²) < 4.78 is 1.58. The lowest BCUT2D eigenvalue weighted by molar-refractivity contribution is 0.910. The molecule has 150 valence electrons. The van der Waals surface area contributed by atoms with Gasteiger partial charge >= 0.3 is 0 Å². The van der Waals surface area contributed by atoms with E-state index < -0.39 is 0 Å². The van der Waals surface area contributed by atoms with Crippen LogP contribution in [0.1, 0.15) is 23.9 Å². The van der Waals surface area contributed by atoms with E-state index in [1.165, 1.54) is 11.8 Å². The molecule has 3 rings (SSSR count). The average Bonchev–Trinajstić information content (AvgIpc) is 3.14. The summed E-state index contributed by atoms with van der Waals surface area (Å²) in [4.78, 5) is 28.1. The molecule has 0 unspecified atom stereocenters. The lowest BCUT2D eigenvalue weighted by Gasteiger charge is -2.20. The molecular formula is C22H25N5OS. The maximum absolute atomic E-state index is 13.3. The van der Waals surface area contributed by atoms with Crippen LogP contribution in [0.3, 0.4) is 0 Å². The van der Waals surface area contributed by atoms with Crippen LogP contribution in [0.15, 0.2) is 47.1 Å². The van der Waals surface area contributed by atoms with E-state index in [4.69, 9.17) is 0 Å². The molecule has 0 saturated heterocycles. The van der Waals surface area contributed by atoms with Gasteiger partial charge in [0.05, 0.1) is 10.6 Å². The van der Waals surface area contributed by atoms with Gasteiger partial charge in [0.2, 0.25) is 0 Å². The predicted octanol–water partition coefficient (Wildman–Crippen LogP) is 4.39. The Hall–Kier alpha value is -3.06. The molecule has 0 fully saturated rings. The van der Waals surface area contributed by atoms with Gasteiger partial charge in [-0.15, -0.1) is 11.8 Å². The highest BCUT2D eigenvalue weighted by atomic mass is 32.2. The van der Waals surface area contributed by atoms with Crippen molar-refractivity contribution in [3.05, 3.63) is 64.7 Å². The summed E-state index contributed by atoms with van der Waals surface area (Å²) in [6.07, 6.45) is 10.8. The van der Waals surface area contributed by atoms with Crippen LogP contribution in [0.5, 0.6) is 0 Å². The molecule has 0 radical (unpaired) electrons. The predicted molar refractivity (Wildman–Crippen MR) is 123 cm³/mol. The topological polar surface area (TPSA) is 66.8 Å². The molecule has 0 aliphatic rings. The Morgan fingerprint density at radius 3 is 2.72 bits per heavy atom. The number of anilines is 1. The number of hydrogen-bond donors (Lipinski definition) is 1. The van der Waals surface area contributed by atoms with Crippen molar-refractivity contribution in [1.29, 1.82) is 0 Å². The molecule has 3 aromatic heterocycles. The normalized spacial score (nSPS) is 11.6. The van der Waals surface area contributed by atoms with E-state index in [1.807, 2.05) is 63.5 Å². The van der Waals surface area contributed by atoms with Gasteiger partial charge in [-0.1, -0.05) is 6.58 Å². The van der Waals surface area contributed by atoms with Crippen LogP contribution in [0.4, 0.5) is 5.69 Å². The third-order valence-corrected chi connectivity index (χ3v) is 5.51. The standard InChI is InChI=1S/C22H25N5OS/c1-7-17-16(8-10-24-17)12-14(2)27-13-25-20(21(29-6)22(27)28)19-15(3)23-11-9-18(19)26(4)5/h7-13,24H,1H2,2-6H3/b14-12+. The monoisotopic (exact) mass is 407 g/mol. The number of pyridine rings is 1. The largest absolute Gasteiger partial charge is 0.377 e. The molecule has 1 N–H and O–H groups in total. The molecule has 0 saturated carbocycles. The molecule has 3 heterocycles. The minimum atomic E-state index is -0.0973. The molecule has 7 heteroatoms. The molecule has 29 heavy (non-hydrogen) atoms. The van der Waals surface area contributed by atoms with Crippen LogP contribution in [-0.4, -0.2) is 39.9 Å². The van der Waals surface area contributed by atoms with E-state index in [-0.39, 0.29) is 5.56 Å². The van der Waals surface area contributed by atoms with Crippen molar-refractivity contribution >= 4 is 35.3 Å². The number of aromatic amines is 1. The zero-order valence-corrected chi connectivity index (χ0v) is 18.2. The Balaban J connectivity index is 2.18. The van der Waals surface area contributed by atoms with Crippen molar-refractivity contribution in [1.82, 2.24) is 19.5 Å². The first kappa shape index (κ1) is 20.7. The highest BCUT2D eigenvalue weighted by Crippen LogP contribution is 2.34. The third kappa shape index (κ3) is 3.91. The second-order valence-corrected chi connectivity index (χ2v) is 7.64. The molecule has 0 bridgehead atoms. The van der Waals surface area contributed by atoms with E-state index in [2.05, 4.69) is 21.5 Å². The molecule has 0 spiro atoms. The summed E-state index contributed by atoms with van der Waals surface area (Å²) >= 11 is 1.40. The van der Waals surface area contributed by atoms with E-state index in [1.54, 1.807) is 23.2 Å². The highest BCUT2D eigenvalue weighted by Gasteiger charge is 2.19. The molecule has 3 aromatic rings. The highest BCUT2D eigenvalue weighted by molar-refractivity contribution is 7.98. The van der Waals surface area contributed by atoms with E-state index in [9.17, 15) is 4.79 Å². The summed E-state index contributed by atoms with van der Waals surface area (Å²) in [5.74, 6) is 0. The second kappa shape index (κ2) is 8.53. The third-order valence-electron chi connectivity index (χ3n) is 4.73. The van der Waals surface area contributed by atoms with Crippen molar-refractivity contribution in [2.45, 2.75) is 18.7 Å². The summed E-state index contributed by atoms with van der Waals surface area (Å²) in [6.45, 7) is 7.64. The summed E-state index contributed by atoms with van der Waals surface area (Å²) in [5.41, 5.74) is 5.93. The van der Waals surface area contributed by atoms with Gasteiger partial charge in [0.1, 0.15) is 6.33 Å². The Bertz CT molecular complexity index is 1140. The minimum absolute atomic E-state index is 0.0973. The summed E-state index contributed by atoms with van der Waals surface area (Å²) in [5, 5.41) is 0. The van der Waals surface area contributed by atoms with Crippen molar-refractivity contribution in [2.75, 3.05) is 25.3 Å². The maximum Gasteiger partial charge on any atom is 0.271 e. The van der Waals surface area contributed by atoms with Gasteiger partial charge in [0.15, 0.2) is 0 Å². The Morgan fingerprint density at radius 2 is 2.07 bits per heavy atom. The van der Waals surface area contributed by atoms with Crippen LogP contribution in [0, 0.1) is 6.92 Å². The van der Waals surface area contributed by atoms with Crippen LogP contribution in [-0.2, 0) is 0 Å².